The molecule has 0 aromatic carbocycles. The molecule has 2 fully saturated rings. The maximum absolute atomic E-state index is 12.6. The van der Waals surface area contributed by atoms with Crippen LogP contribution in [0.25, 0.3) is 0 Å². The van der Waals surface area contributed by atoms with Crippen molar-refractivity contribution in [2.45, 2.75) is 32.4 Å². The molecule has 4 atom stereocenters. The van der Waals surface area contributed by atoms with E-state index in [1.165, 1.54) is 6.92 Å². The largest absolute Gasteiger partial charge is 0.481 e. The lowest BCUT2D eigenvalue weighted by Gasteiger charge is -2.36. The number of ketones is 1. The number of rotatable bonds is 3. The lowest BCUT2D eigenvalue weighted by atomic mass is 9.66. The van der Waals surface area contributed by atoms with E-state index in [1.807, 2.05) is 0 Å². The number of carboxylic acid groups (broad SMARTS) is 1. The molecule has 0 aromatic heterocycles. The van der Waals surface area contributed by atoms with E-state index in [4.69, 9.17) is 5.11 Å². The van der Waals surface area contributed by atoms with E-state index in [0.29, 0.717) is 19.3 Å². The van der Waals surface area contributed by atoms with Crippen molar-refractivity contribution < 1.29 is 27.9 Å². The van der Waals surface area contributed by atoms with Gasteiger partial charge in [0.2, 0.25) is 0 Å². The molecule has 2 rings (SSSR count). The molecule has 0 aromatic rings. The van der Waals surface area contributed by atoms with Gasteiger partial charge in [0.25, 0.3) is 0 Å². The van der Waals surface area contributed by atoms with Gasteiger partial charge >= 0.3 is 12.1 Å². The highest BCUT2D eigenvalue weighted by molar-refractivity contribution is 6.01. The van der Waals surface area contributed by atoms with Gasteiger partial charge < -0.3 is 5.11 Å². The van der Waals surface area contributed by atoms with Gasteiger partial charge in [-0.2, -0.15) is 13.2 Å². The van der Waals surface area contributed by atoms with Crippen LogP contribution in [0.15, 0.2) is 12.2 Å². The lowest BCUT2D eigenvalue weighted by Crippen LogP contribution is -2.42. The summed E-state index contributed by atoms with van der Waals surface area (Å²) < 4.78 is 37.8. The van der Waals surface area contributed by atoms with Crippen LogP contribution in [0.1, 0.15) is 26.2 Å². The van der Waals surface area contributed by atoms with Crippen LogP contribution >= 0.6 is 0 Å². The molecule has 6 heteroatoms. The predicted molar refractivity (Wildman–Crippen MR) is 60.3 cm³/mol. The summed E-state index contributed by atoms with van der Waals surface area (Å²) in [6.45, 7) is 4.30. The standard InChI is InChI=1S/C13H15F3O3/c1-6(13(14,15)16)10(17)12(2)5-7-3-8(11(18)19)9(12)4-7/h7-9H,1,3-5H2,2H3,(H,18,19). The SMILES string of the molecule is C=C(C(=O)C1(C)CC2CC(C(=O)O)C1C2)C(F)(F)F. The Labute approximate surface area is 108 Å². The Kier molecular flexibility index (Phi) is 3.03. The van der Waals surface area contributed by atoms with E-state index in [2.05, 4.69) is 6.58 Å². The van der Waals surface area contributed by atoms with Crippen molar-refractivity contribution in [1.82, 2.24) is 0 Å². The van der Waals surface area contributed by atoms with Gasteiger partial charge in [0.15, 0.2) is 5.78 Å². The van der Waals surface area contributed by atoms with E-state index in [1.54, 1.807) is 0 Å². The van der Waals surface area contributed by atoms with E-state index in [9.17, 15) is 22.8 Å². The maximum atomic E-state index is 12.6. The summed E-state index contributed by atoms with van der Waals surface area (Å²) in [4.78, 5) is 23.2. The molecule has 0 radical (unpaired) electrons. The Morgan fingerprint density at radius 2 is 1.89 bits per heavy atom. The number of fused-ring (bicyclic) bond motifs is 2. The highest BCUT2D eigenvalue weighted by atomic mass is 19.4. The van der Waals surface area contributed by atoms with Crippen LogP contribution in [0.2, 0.25) is 0 Å². The molecule has 2 aliphatic carbocycles. The first-order valence-electron chi connectivity index (χ1n) is 6.11. The molecular formula is C13H15F3O3. The highest BCUT2D eigenvalue weighted by Gasteiger charge is 2.60. The van der Waals surface area contributed by atoms with Crippen LogP contribution in [0.5, 0.6) is 0 Å². The number of carbonyl (C=O) groups excluding carboxylic acids is 1. The number of hydrogen-bond acceptors (Lipinski definition) is 2. The topological polar surface area (TPSA) is 54.4 Å². The zero-order chi connectivity index (χ0) is 14.6. The second kappa shape index (κ2) is 4.08. The minimum atomic E-state index is -4.75. The average molecular weight is 276 g/mol. The van der Waals surface area contributed by atoms with E-state index >= 15 is 0 Å². The summed E-state index contributed by atoms with van der Waals surface area (Å²) in [5.41, 5.74) is -2.61. The highest BCUT2D eigenvalue weighted by Crippen LogP contribution is 2.60. The zero-order valence-electron chi connectivity index (χ0n) is 10.5. The van der Waals surface area contributed by atoms with Gasteiger partial charge in [-0.3, -0.25) is 9.59 Å². The third-order valence-electron chi connectivity index (χ3n) is 4.64. The van der Waals surface area contributed by atoms with Crippen LogP contribution in [-0.2, 0) is 9.59 Å². The summed E-state index contributed by atoms with van der Waals surface area (Å²) in [7, 11) is 0. The number of carbonyl (C=O) groups is 2. The number of Topliss-reactive ketones (excluding diaryl/α,β-unsaturated/α-hetero) is 1. The summed E-state index contributed by atoms with van der Waals surface area (Å²) in [5, 5.41) is 9.09. The summed E-state index contributed by atoms with van der Waals surface area (Å²) in [6.07, 6.45) is -3.44. The smallest absolute Gasteiger partial charge is 0.419 e. The Morgan fingerprint density at radius 3 is 2.32 bits per heavy atom. The Hall–Kier alpha value is -1.33. The van der Waals surface area contributed by atoms with Gasteiger partial charge in [-0.05, 0) is 31.1 Å². The first-order valence-corrected chi connectivity index (χ1v) is 6.11. The molecule has 2 saturated carbocycles. The van der Waals surface area contributed by atoms with Crippen LogP contribution in [-0.4, -0.2) is 23.0 Å². The fraction of sp³-hybridized carbons (Fsp3) is 0.692. The molecule has 106 valence electrons. The molecule has 19 heavy (non-hydrogen) atoms. The van der Waals surface area contributed by atoms with Crippen molar-refractivity contribution in [3.05, 3.63) is 12.2 Å². The average Bonchev–Trinajstić information content (AvgIpc) is 2.83. The van der Waals surface area contributed by atoms with Crippen LogP contribution in [0.4, 0.5) is 13.2 Å². The van der Waals surface area contributed by atoms with Crippen molar-refractivity contribution in [2.24, 2.45) is 23.2 Å². The van der Waals surface area contributed by atoms with Crippen LogP contribution in [0.3, 0.4) is 0 Å². The fourth-order valence-electron chi connectivity index (χ4n) is 3.77. The third kappa shape index (κ3) is 2.07. The number of alkyl halides is 3. The van der Waals surface area contributed by atoms with Crippen molar-refractivity contribution in [2.75, 3.05) is 0 Å². The van der Waals surface area contributed by atoms with Crippen molar-refractivity contribution >= 4 is 11.8 Å². The monoisotopic (exact) mass is 276 g/mol. The molecule has 2 bridgehead atoms. The minimum Gasteiger partial charge on any atom is -0.481 e. The van der Waals surface area contributed by atoms with Crippen molar-refractivity contribution in [1.29, 1.82) is 0 Å². The first-order chi connectivity index (χ1) is 8.57. The Balaban J connectivity index is 2.27. The minimum absolute atomic E-state index is 0.0288. The molecule has 2 aliphatic rings. The third-order valence-corrected chi connectivity index (χ3v) is 4.64. The van der Waals surface area contributed by atoms with Crippen LogP contribution < -0.4 is 0 Å². The van der Waals surface area contributed by atoms with Crippen molar-refractivity contribution in [3.8, 4) is 0 Å². The fourth-order valence-corrected chi connectivity index (χ4v) is 3.77. The molecule has 0 amide bonds. The second-order valence-corrected chi connectivity index (χ2v) is 5.82. The molecule has 0 heterocycles. The van der Waals surface area contributed by atoms with Gasteiger partial charge in [-0.15, -0.1) is 0 Å². The zero-order valence-corrected chi connectivity index (χ0v) is 10.5. The molecular weight excluding hydrogens is 261 g/mol. The molecule has 3 nitrogen and oxygen atoms in total. The van der Waals surface area contributed by atoms with E-state index in [0.717, 1.165) is 0 Å². The molecule has 0 saturated heterocycles. The normalized spacial score (nSPS) is 37.4. The van der Waals surface area contributed by atoms with Crippen molar-refractivity contribution in [3.63, 3.8) is 0 Å². The molecule has 1 N–H and O–H groups in total. The summed E-state index contributed by atoms with van der Waals surface area (Å²) in [5.74, 6) is -3.27. The van der Waals surface area contributed by atoms with Crippen LogP contribution in [0, 0.1) is 23.2 Å². The van der Waals surface area contributed by atoms with Gasteiger partial charge in [0.05, 0.1) is 11.5 Å². The Morgan fingerprint density at radius 1 is 1.32 bits per heavy atom. The number of allylic oxidation sites excluding steroid dienone is 1. The van der Waals surface area contributed by atoms with E-state index < -0.39 is 40.8 Å². The molecule has 0 aliphatic heterocycles. The molecule has 0 spiro atoms. The number of carboxylic acids is 1. The number of halogens is 3. The Bertz CT molecular complexity index is 455. The van der Waals surface area contributed by atoms with Gasteiger partial charge in [0.1, 0.15) is 0 Å². The molecule has 4 unspecified atom stereocenters. The number of aliphatic carboxylic acids is 1. The summed E-state index contributed by atoms with van der Waals surface area (Å²) >= 11 is 0. The number of hydrogen-bond donors (Lipinski definition) is 1. The second-order valence-electron chi connectivity index (χ2n) is 5.82. The first kappa shape index (κ1) is 14.1. The maximum Gasteiger partial charge on any atom is 0.419 e. The quantitative estimate of drug-likeness (QED) is 0.806. The van der Waals surface area contributed by atoms with Gasteiger partial charge in [0, 0.05) is 5.41 Å². The van der Waals surface area contributed by atoms with Gasteiger partial charge in [-0.25, -0.2) is 0 Å². The predicted octanol–water partition coefficient (Wildman–Crippen LogP) is 2.81. The lowest BCUT2D eigenvalue weighted by molar-refractivity contribution is -0.149. The van der Waals surface area contributed by atoms with Gasteiger partial charge in [-0.1, -0.05) is 13.5 Å². The summed E-state index contributed by atoms with van der Waals surface area (Å²) in [6, 6.07) is 0. The van der Waals surface area contributed by atoms with E-state index in [-0.39, 0.29) is 5.92 Å².